The van der Waals surface area contributed by atoms with E-state index in [1.54, 1.807) is 12.3 Å². The molecule has 0 unspecified atom stereocenters. The number of anilines is 1. The third-order valence-electron chi connectivity index (χ3n) is 2.47. The molecule has 0 amide bonds. The molecule has 2 heterocycles. The Bertz CT molecular complexity index is 424. The summed E-state index contributed by atoms with van der Waals surface area (Å²) >= 11 is 1.97. The van der Waals surface area contributed by atoms with Gasteiger partial charge < -0.3 is 4.90 Å². The first kappa shape index (κ1) is 11.2. The molecule has 1 aromatic rings. The molecule has 0 saturated carbocycles. The SMILES string of the molecule is CC1(C)CN(c2nccc(C#N)n2)CCS1. The van der Waals surface area contributed by atoms with Crippen LogP contribution in [0.4, 0.5) is 5.95 Å². The highest BCUT2D eigenvalue weighted by Crippen LogP contribution is 2.30. The molecule has 4 nitrogen and oxygen atoms in total. The molecule has 0 atom stereocenters. The summed E-state index contributed by atoms with van der Waals surface area (Å²) in [6, 6.07) is 3.68. The Morgan fingerprint density at radius 1 is 1.56 bits per heavy atom. The molecule has 0 aliphatic carbocycles. The van der Waals surface area contributed by atoms with Crippen molar-refractivity contribution >= 4 is 17.7 Å². The molecule has 2 rings (SSSR count). The van der Waals surface area contributed by atoms with Gasteiger partial charge in [0.25, 0.3) is 0 Å². The third-order valence-corrected chi connectivity index (χ3v) is 3.76. The van der Waals surface area contributed by atoms with Crippen LogP contribution in [0.2, 0.25) is 0 Å². The summed E-state index contributed by atoms with van der Waals surface area (Å²) in [4.78, 5) is 10.6. The number of aromatic nitrogens is 2. The van der Waals surface area contributed by atoms with Crippen molar-refractivity contribution in [1.29, 1.82) is 5.26 Å². The molecule has 16 heavy (non-hydrogen) atoms. The highest BCUT2D eigenvalue weighted by atomic mass is 32.2. The summed E-state index contributed by atoms with van der Waals surface area (Å²) in [5.41, 5.74) is 0.432. The second-order valence-electron chi connectivity index (χ2n) is 4.38. The Hall–Kier alpha value is -1.28. The van der Waals surface area contributed by atoms with E-state index in [-0.39, 0.29) is 4.75 Å². The van der Waals surface area contributed by atoms with Crippen LogP contribution in [-0.4, -0.2) is 33.6 Å². The summed E-state index contributed by atoms with van der Waals surface area (Å²) < 4.78 is 0.226. The largest absolute Gasteiger partial charge is 0.339 e. The van der Waals surface area contributed by atoms with Crippen LogP contribution in [-0.2, 0) is 0 Å². The maximum Gasteiger partial charge on any atom is 0.226 e. The smallest absolute Gasteiger partial charge is 0.226 e. The van der Waals surface area contributed by atoms with Crippen molar-refractivity contribution in [1.82, 2.24) is 9.97 Å². The minimum absolute atomic E-state index is 0.226. The topological polar surface area (TPSA) is 52.8 Å². The average Bonchev–Trinajstić information content (AvgIpc) is 2.28. The number of hydrogen-bond acceptors (Lipinski definition) is 5. The zero-order chi connectivity index (χ0) is 11.6. The summed E-state index contributed by atoms with van der Waals surface area (Å²) in [5.74, 6) is 1.75. The zero-order valence-electron chi connectivity index (χ0n) is 9.47. The van der Waals surface area contributed by atoms with Gasteiger partial charge >= 0.3 is 0 Å². The van der Waals surface area contributed by atoms with Gasteiger partial charge in [-0.25, -0.2) is 9.97 Å². The fourth-order valence-electron chi connectivity index (χ4n) is 1.75. The van der Waals surface area contributed by atoms with Crippen molar-refractivity contribution in [3.05, 3.63) is 18.0 Å². The molecule has 1 aliphatic rings. The Morgan fingerprint density at radius 2 is 2.38 bits per heavy atom. The quantitative estimate of drug-likeness (QED) is 0.740. The molecule has 1 fully saturated rings. The van der Waals surface area contributed by atoms with Gasteiger partial charge in [-0.1, -0.05) is 0 Å². The van der Waals surface area contributed by atoms with Gasteiger partial charge in [0.2, 0.25) is 5.95 Å². The van der Waals surface area contributed by atoms with Crippen molar-refractivity contribution in [2.45, 2.75) is 18.6 Å². The monoisotopic (exact) mass is 234 g/mol. The standard InChI is InChI=1S/C11H14N4S/c1-11(2)8-15(5-6-16-11)10-13-4-3-9(7-12)14-10/h3-4H,5-6,8H2,1-2H3. The van der Waals surface area contributed by atoms with Gasteiger partial charge in [-0.3, -0.25) is 0 Å². The summed E-state index contributed by atoms with van der Waals surface area (Å²) in [5, 5.41) is 8.80. The van der Waals surface area contributed by atoms with E-state index in [1.807, 2.05) is 17.8 Å². The third kappa shape index (κ3) is 2.45. The van der Waals surface area contributed by atoms with Gasteiger partial charge in [-0.05, 0) is 19.9 Å². The highest BCUT2D eigenvalue weighted by molar-refractivity contribution is 8.00. The number of nitriles is 1. The van der Waals surface area contributed by atoms with E-state index in [4.69, 9.17) is 5.26 Å². The number of nitrogens with zero attached hydrogens (tertiary/aromatic N) is 4. The van der Waals surface area contributed by atoms with Gasteiger partial charge in [0.15, 0.2) is 0 Å². The van der Waals surface area contributed by atoms with Crippen LogP contribution >= 0.6 is 11.8 Å². The highest BCUT2D eigenvalue weighted by Gasteiger charge is 2.28. The van der Waals surface area contributed by atoms with Crippen molar-refractivity contribution < 1.29 is 0 Å². The van der Waals surface area contributed by atoms with Crippen molar-refractivity contribution in [2.75, 3.05) is 23.7 Å². The van der Waals surface area contributed by atoms with Gasteiger partial charge in [0, 0.05) is 29.8 Å². The molecule has 0 bridgehead atoms. The Balaban J connectivity index is 2.21. The molecule has 1 saturated heterocycles. The van der Waals surface area contributed by atoms with Crippen LogP contribution in [0, 0.1) is 11.3 Å². The minimum Gasteiger partial charge on any atom is -0.339 e. The van der Waals surface area contributed by atoms with E-state index in [2.05, 4.69) is 28.7 Å². The molecular weight excluding hydrogens is 220 g/mol. The lowest BCUT2D eigenvalue weighted by Crippen LogP contribution is -2.44. The van der Waals surface area contributed by atoms with Gasteiger partial charge in [0.1, 0.15) is 11.8 Å². The Kier molecular flexibility index (Phi) is 3.01. The van der Waals surface area contributed by atoms with Crippen LogP contribution in [0.15, 0.2) is 12.3 Å². The van der Waals surface area contributed by atoms with Gasteiger partial charge in [0.05, 0.1) is 0 Å². The van der Waals surface area contributed by atoms with Crippen LogP contribution in [0.25, 0.3) is 0 Å². The van der Waals surface area contributed by atoms with Gasteiger partial charge in [-0.15, -0.1) is 0 Å². The summed E-state index contributed by atoms with van der Waals surface area (Å²) in [7, 11) is 0. The zero-order valence-corrected chi connectivity index (χ0v) is 10.3. The molecular formula is C11H14N4S. The fourth-order valence-corrected chi connectivity index (χ4v) is 2.86. The second kappa shape index (κ2) is 4.30. The fraction of sp³-hybridized carbons (Fsp3) is 0.545. The molecule has 5 heteroatoms. The van der Waals surface area contributed by atoms with Crippen molar-refractivity contribution in [3.8, 4) is 6.07 Å². The maximum atomic E-state index is 8.80. The lowest BCUT2D eigenvalue weighted by Gasteiger charge is -2.37. The molecule has 0 aromatic carbocycles. The Morgan fingerprint density at radius 3 is 3.06 bits per heavy atom. The number of hydrogen-bond donors (Lipinski definition) is 0. The first-order valence-corrected chi connectivity index (χ1v) is 6.21. The molecule has 0 spiro atoms. The minimum atomic E-state index is 0.226. The van der Waals surface area contributed by atoms with E-state index >= 15 is 0 Å². The Labute approximate surface area is 99.7 Å². The normalized spacial score (nSPS) is 19.2. The first-order valence-electron chi connectivity index (χ1n) is 5.23. The summed E-state index contributed by atoms with van der Waals surface area (Å²) in [6.07, 6.45) is 1.65. The first-order chi connectivity index (χ1) is 7.61. The van der Waals surface area contributed by atoms with Crippen LogP contribution in [0.3, 0.4) is 0 Å². The number of rotatable bonds is 1. The van der Waals surface area contributed by atoms with Crippen molar-refractivity contribution in [2.24, 2.45) is 0 Å². The average molecular weight is 234 g/mol. The van der Waals surface area contributed by atoms with E-state index in [0.717, 1.165) is 18.8 Å². The van der Waals surface area contributed by atoms with E-state index in [0.29, 0.717) is 11.6 Å². The molecule has 1 aromatic heterocycles. The van der Waals surface area contributed by atoms with Crippen molar-refractivity contribution in [3.63, 3.8) is 0 Å². The number of thioether (sulfide) groups is 1. The predicted octanol–water partition coefficient (Wildman–Crippen LogP) is 1.68. The summed E-state index contributed by atoms with van der Waals surface area (Å²) in [6.45, 7) is 6.31. The maximum absolute atomic E-state index is 8.80. The van der Waals surface area contributed by atoms with E-state index in [9.17, 15) is 0 Å². The molecule has 0 N–H and O–H groups in total. The van der Waals surface area contributed by atoms with E-state index < -0.39 is 0 Å². The van der Waals surface area contributed by atoms with Crippen LogP contribution in [0.1, 0.15) is 19.5 Å². The second-order valence-corrected chi connectivity index (χ2v) is 6.19. The lowest BCUT2D eigenvalue weighted by atomic mass is 10.2. The lowest BCUT2D eigenvalue weighted by molar-refractivity contribution is 0.635. The van der Waals surface area contributed by atoms with Crippen LogP contribution < -0.4 is 4.90 Å². The van der Waals surface area contributed by atoms with E-state index in [1.165, 1.54) is 0 Å². The van der Waals surface area contributed by atoms with Crippen LogP contribution in [0.5, 0.6) is 0 Å². The van der Waals surface area contributed by atoms with Gasteiger partial charge in [-0.2, -0.15) is 17.0 Å². The molecule has 84 valence electrons. The molecule has 0 radical (unpaired) electrons. The predicted molar refractivity (Wildman–Crippen MR) is 65.5 cm³/mol. The molecule has 1 aliphatic heterocycles.